The summed E-state index contributed by atoms with van der Waals surface area (Å²) in [5.74, 6) is 2.23. The van der Waals surface area contributed by atoms with Crippen LogP contribution < -0.4 is 10.6 Å². The van der Waals surface area contributed by atoms with E-state index in [2.05, 4.69) is 42.2 Å². The number of nitrogens with two attached hydrogens (primary N) is 1. The Labute approximate surface area is 109 Å². The summed E-state index contributed by atoms with van der Waals surface area (Å²) in [6, 6.07) is 4.73. The molecule has 17 heavy (non-hydrogen) atoms. The lowest BCUT2D eigenvalue weighted by Gasteiger charge is -2.25. The number of hydrogen-bond donors (Lipinski definition) is 1. The van der Waals surface area contributed by atoms with Gasteiger partial charge in [-0.15, -0.1) is 0 Å². The summed E-state index contributed by atoms with van der Waals surface area (Å²) < 4.78 is 0. The van der Waals surface area contributed by atoms with Crippen molar-refractivity contribution < 1.29 is 0 Å². The number of aromatic nitrogens is 1. The van der Waals surface area contributed by atoms with Gasteiger partial charge in [-0.25, -0.2) is 4.98 Å². The summed E-state index contributed by atoms with van der Waals surface area (Å²) >= 11 is 1.89. The van der Waals surface area contributed by atoms with E-state index in [1.165, 1.54) is 17.7 Å². The zero-order valence-electron chi connectivity index (χ0n) is 11.0. The van der Waals surface area contributed by atoms with Crippen molar-refractivity contribution in [3.05, 3.63) is 23.9 Å². The fourth-order valence-corrected chi connectivity index (χ4v) is 2.22. The molecule has 1 aromatic rings. The molecule has 4 heteroatoms. The minimum Gasteiger partial charge on any atom is -0.357 e. The van der Waals surface area contributed by atoms with Crippen molar-refractivity contribution >= 4 is 17.6 Å². The van der Waals surface area contributed by atoms with Crippen molar-refractivity contribution in [2.75, 3.05) is 30.5 Å². The van der Waals surface area contributed by atoms with E-state index in [1.807, 2.05) is 18.0 Å². The van der Waals surface area contributed by atoms with Gasteiger partial charge in [-0.05, 0) is 49.9 Å². The Balaban J connectivity index is 2.58. The molecule has 1 heterocycles. The van der Waals surface area contributed by atoms with Crippen LogP contribution >= 0.6 is 11.8 Å². The first-order chi connectivity index (χ1) is 8.19. The highest BCUT2D eigenvalue weighted by Crippen LogP contribution is 2.15. The summed E-state index contributed by atoms with van der Waals surface area (Å²) in [4.78, 5) is 6.73. The second-order valence-electron chi connectivity index (χ2n) is 4.30. The van der Waals surface area contributed by atoms with Gasteiger partial charge >= 0.3 is 0 Å². The molecule has 2 N–H and O–H groups in total. The van der Waals surface area contributed by atoms with Crippen LogP contribution in [0.5, 0.6) is 0 Å². The summed E-state index contributed by atoms with van der Waals surface area (Å²) in [5, 5.41) is 0. The zero-order chi connectivity index (χ0) is 12.7. The number of nitrogens with zero attached hydrogens (tertiary/aromatic N) is 2. The first-order valence-electron chi connectivity index (χ1n) is 6.05. The number of thioether (sulfide) groups is 1. The van der Waals surface area contributed by atoms with E-state index in [0.717, 1.165) is 12.2 Å². The molecule has 0 fully saturated rings. The van der Waals surface area contributed by atoms with Crippen LogP contribution in [0.2, 0.25) is 0 Å². The van der Waals surface area contributed by atoms with Gasteiger partial charge in [-0.3, -0.25) is 0 Å². The molecule has 0 aliphatic rings. The lowest BCUT2D eigenvalue weighted by Crippen LogP contribution is -2.30. The highest BCUT2D eigenvalue weighted by atomic mass is 32.2. The molecule has 96 valence electrons. The molecule has 3 nitrogen and oxygen atoms in total. The van der Waals surface area contributed by atoms with Gasteiger partial charge < -0.3 is 10.6 Å². The van der Waals surface area contributed by atoms with Gasteiger partial charge in [0.25, 0.3) is 0 Å². The predicted octanol–water partition coefficient (Wildman–Crippen LogP) is 2.16. The molecule has 1 rings (SSSR count). The van der Waals surface area contributed by atoms with Gasteiger partial charge in [0.05, 0.1) is 0 Å². The molecule has 1 unspecified atom stereocenters. The van der Waals surface area contributed by atoms with Crippen molar-refractivity contribution in [1.29, 1.82) is 0 Å². The maximum absolute atomic E-state index is 5.52. The number of anilines is 1. The smallest absolute Gasteiger partial charge is 0.128 e. The highest BCUT2D eigenvalue weighted by Gasteiger charge is 2.10. The van der Waals surface area contributed by atoms with Gasteiger partial charge in [0, 0.05) is 19.3 Å². The Morgan fingerprint density at radius 3 is 2.76 bits per heavy atom. The highest BCUT2D eigenvalue weighted by molar-refractivity contribution is 7.98. The first-order valence-corrected chi connectivity index (χ1v) is 7.45. The molecule has 0 bridgehead atoms. The van der Waals surface area contributed by atoms with Crippen molar-refractivity contribution in [3.8, 4) is 0 Å². The Hall–Kier alpha value is -0.740. The zero-order valence-corrected chi connectivity index (χ0v) is 11.8. The number of hydrogen-bond acceptors (Lipinski definition) is 4. The van der Waals surface area contributed by atoms with E-state index in [-0.39, 0.29) is 0 Å². The van der Waals surface area contributed by atoms with Crippen LogP contribution in [0.1, 0.15) is 18.9 Å². The Kier molecular flexibility index (Phi) is 6.37. The lowest BCUT2D eigenvalue weighted by molar-refractivity contribution is 0.662. The van der Waals surface area contributed by atoms with Crippen LogP contribution in [0.3, 0.4) is 0 Å². The second-order valence-corrected chi connectivity index (χ2v) is 5.29. The third-order valence-corrected chi connectivity index (χ3v) is 3.65. The molecule has 0 saturated heterocycles. The van der Waals surface area contributed by atoms with Crippen molar-refractivity contribution in [1.82, 2.24) is 4.98 Å². The minimum atomic E-state index is 0.523. The van der Waals surface area contributed by atoms with Crippen LogP contribution in [-0.2, 0) is 6.42 Å². The van der Waals surface area contributed by atoms with Crippen molar-refractivity contribution in [3.63, 3.8) is 0 Å². The van der Waals surface area contributed by atoms with E-state index in [4.69, 9.17) is 5.73 Å². The van der Waals surface area contributed by atoms with Crippen LogP contribution in [0.25, 0.3) is 0 Å². The normalized spacial score (nSPS) is 12.5. The van der Waals surface area contributed by atoms with Gasteiger partial charge in [0.15, 0.2) is 0 Å². The molecule has 0 radical (unpaired) electrons. The van der Waals surface area contributed by atoms with Crippen LogP contribution in [-0.4, -0.2) is 36.6 Å². The summed E-state index contributed by atoms with van der Waals surface area (Å²) in [7, 11) is 2.11. The van der Waals surface area contributed by atoms with Crippen LogP contribution in [0.15, 0.2) is 18.3 Å². The minimum absolute atomic E-state index is 0.523. The third kappa shape index (κ3) is 4.56. The summed E-state index contributed by atoms with van der Waals surface area (Å²) in [6.45, 7) is 2.92. The fourth-order valence-electron chi connectivity index (χ4n) is 1.65. The molecular weight excluding hydrogens is 230 g/mol. The van der Waals surface area contributed by atoms with E-state index in [0.29, 0.717) is 12.6 Å². The van der Waals surface area contributed by atoms with Crippen molar-refractivity contribution in [2.24, 2.45) is 5.73 Å². The van der Waals surface area contributed by atoms with Gasteiger partial charge in [-0.2, -0.15) is 11.8 Å². The SMILES string of the molecule is CSCCC(C)N(C)c1ccc(CCN)cn1. The average molecular weight is 253 g/mol. The maximum Gasteiger partial charge on any atom is 0.128 e. The maximum atomic E-state index is 5.52. The van der Waals surface area contributed by atoms with Gasteiger partial charge in [0.1, 0.15) is 5.82 Å². The average Bonchev–Trinajstić information content (AvgIpc) is 2.36. The molecule has 0 amide bonds. The summed E-state index contributed by atoms with van der Waals surface area (Å²) in [5.41, 5.74) is 6.73. The summed E-state index contributed by atoms with van der Waals surface area (Å²) in [6.07, 6.45) is 6.16. The number of rotatable bonds is 7. The molecule has 0 spiro atoms. The molecule has 1 aromatic heterocycles. The first kappa shape index (κ1) is 14.3. The van der Waals surface area contributed by atoms with Crippen molar-refractivity contribution in [2.45, 2.75) is 25.8 Å². The molecule has 0 aliphatic heterocycles. The quantitative estimate of drug-likeness (QED) is 0.808. The molecular formula is C13H23N3S. The molecule has 0 aliphatic carbocycles. The third-order valence-electron chi connectivity index (χ3n) is 3.00. The molecule has 0 aromatic carbocycles. The van der Waals surface area contributed by atoms with Gasteiger partial charge in [-0.1, -0.05) is 6.07 Å². The van der Waals surface area contributed by atoms with E-state index in [9.17, 15) is 0 Å². The Morgan fingerprint density at radius 2 is 2.24 bits per heavy atom. The van der Waals surface area contributed by atoms with E-state index in [1.54, 1.807) is 0 Å². The predicted molar refractivity (Wildman–Crippen MR) is 77.9 cm³/mol. The van der Waals surface area contributed by atoms with E-state index >= 15 is 0 Å². The largest absolute Gasteiger partial charge is 0.357 e. The monoisotopic (exact) mass is 253 g/mol. The standard InChI is InChI=1S/C13H23N3S/c1-11(7-9-17-3)16(2)13-5-4-12(6-8-14)10-15-13/h4-5,10-11H,6-9,14H2,1-3H3. The van der Waals surface area contributed by atoms with Crippen LogP contribution in [0, 0.1) is 0 Å². The van der Waals surface area contributed by atoms with Crippen LogP contribution in [0.4, 0.5) is 5.82 Å². The second kappa shape index (κ2) is 7.56. The fraction of sp³-hybridized carbons (Fsp3) is 0.615. The lowest BCUT2D eigenvalue weighted by atomic mass is 10.2. The Bertz CT molecular complexity index is 313. The van der Waals surface area contributed by atoms with Gasteiger partial charge in [0.2, 0.25) is 0 Å². The topological polar surface area (TPSA) is 42.1 Å². The number of pyridine rings is 1. The molecule has 0 saturated carbocycles. The molecule has 1 atom stereocenters. The Morgan fingerprint density at radius 1 is 1.47 bits per heavy atom. The van der Waals surface area contributed by atoms with E-state index < -0.39 is 0 Å².